The molecule has 0 saturated heterocycles. The first-order valence-electron chi connectivity index (χ1n) is 11.6. The van der Waals surface area contributed by atoms with Gasteiger partial charge in [-0.05, 0) is 30.9 Å². The third-order valence-corrected chi connectivity index (χ3v) is 6.50. The van der Waals surface area contributed by atoms with Crippen LogP contribution in [0, 0.1) is 23.7 Å². The van der Waals surface area contributed by atoms with E-state index in [4.69, 9.17) is 9.84 Å². The van der Waals surface area contributed by atoms with E-state index in [1.54, 1.807) is 6.08 Å². The summed E-state index contributed by atoms with van der Waals surface area (Å²) in [7, 11) is 0. The monoisotopic (exact) mass is 466 g/mol. The van der Waals surface area contributed by atoms with Gasteiger partial charge >= 0.3 is 11.9 Å². The highest BCUT2D eigenvalue weighted by Gasteiger charge is 2.34. The summed E-state index contributed by atoms with van der Waals surface area (Å²) in [4.78, 5) is 23.5. The van der Waals surface area contributed by atoms with Crippen LogP contribution in [0.1, 0.15) is 78.6 Å². The lowest BCUT2D eigenvalue weighted by Crippen LogP contribution is -2.17. The summed E-state index contributed by atoms with van der Waals surface area (Å²) in [6.45, 7) is 5.83. The van der Waals surface area contributed by atoms with Gasteiger partial charge in [0.15, 0.2) is 0 Å². The summed E-state index contributed by atoms with van der Waals surface area (Å²) in [5.74, 6) is 5.85. The van der Waals surface area contributed by atoms with Crippen LogP contribution in [0.2, 0.25) is 0 Å². The van der Waals surface area contributed by atoms with Crippen molar-refractivity contribution in [1.29, 1.82) is 0 Å². The lowest BCUT2D eigenvalue weighted by atomic mass is 9.98. The molecule has 1 rings (SSSR count). The second kappa shape index (κ2) is 16.0. The first-order valence-corrected chi connectivity index (χ1v) is 12.6. The van der Waals surface area contributed by atoms with Gasteiger partial charge in [0.05, 0.1) is 12.2 Å². The van der Waals surface area contributed by atoms with Crippen molar-refractivity contribution in [3.05, 3.63) is 22.8 Å². The van der Waals surface area contributed by atoms with E-state index in [0.29, 0.717) is 31.4 Å². The summed E-state index contributed by atoms with van der Waals surface area (Å²) in [5, 5.41) is 29.8. The molecule has 0 aromatic rings. The number of aliphatic hydroxyl groups is 2. The maximum absolute atomic E-state index is 12.0. The fraction of sp³-hybridized carbons (Fsp3) is 0.680. The van der Waals surface area contributed by atoms with Gasteiger partial charge in [0.2, 0.25) is 0 Å². The Balaban J connectivity index is 2.83. The minimum atomic E-state index is -0.789. The Morgan fingerprint density at radius 3 is 2.62 bits per heavy atom. The molecule has 0 radical (unpaired) electrons. The number of rotatable bonds is 14. The van der Waals surface area contributed by atoms with Gasteiger partial charge in [-0.2, -0.15) is 0 Å². The molecule has 0 spiro atoms. The van der Waals surface area contributed by atoms with E-state index < -0.39 is 18.2 Å². The Morgan fingerprint density at radius 2 is 1.97 bits per heavy atom. The lowest BCUT2D eigenvalue weighted by Gasteiger charge is -2.17. The highest BCUT2D eigenvalue weighted by Crippen LogP contribution is 2.41. The van der Waals surface area contributed by atoms with Gasteiger partial charge in [0.25, 0.3) is 0 Å². The first kappa shape index (κ1) is 28.3. The smallest absolute Gasteiger partial charge is 0.310 e. The third-order valence-electron chi connectivity index (χ3n) is 5.19. The quantitative estimate of drug-likeness (QED) is 0.148. The number of aliphatic hydroxyl groups excluding tert-OH is 2. The molecule has 0 amide bonds. The molecule has 1 aliphatic rings. The van der Waals surface area contributed by atoms with E-state index in [0.717, 1.165) is 29.9 Å². The van der Waals surface area contributed by atoms with Crippen molar-refractivity contribution in [2.45, 2.75) is 90.8 Å². The molecular formula is C25H38O6S. The van der Waals surface area contributed by atoms with Crippen molar-refractivity contribution in [1.82, 2.24) is 0 Å². The number of ether oxygens (including phenoxy) is 1. The summed E-state index contributed by atoms with van der Waals surface area (Å²) < 4.78 is 5.56. The van der Waals surface area contributed by atoms with Gasteiger partial charge in [-0.1, -0.05) is 39.3 Å². The number of thioether (sulfide) groups is 1. The van der Waals surface area contributed by atoms with Crippen LogP contribution in [-0.4, -0.2) is 45.2 Å². The Morgan fingerprint density at radius 1 is 1.22 bits per heavy atom. The number of hydrogen-bond donors (Lipinski definition) is 3. The summed E-state index contributed by atoms with van der Waals surface area (Å²) >= 11 is 1.54. The Kier molecular flexibility index (Phi) is 14.1. The normalized spacial score (nSPS) is 20.2. The van der Waals surface area contributed by atoms with Gasteiger partial charge in [-0.25, -0.2) is 0 Å². The molecule has 3 N–H and O–H groups in total. The van der Waals surface area contributed by atoms with E-state index in [1.807, 2.05) is 26.8 Å². The molecule has 32 heavy (non-hydrogen) atoms. The summed E-state index contributed by atoms with van der Waals surface area (Å²) in [5.41, 5.74) is 0. The number of aliphatic carboxylic acids is 1. The molecule has 180 valence electrons. The highest BCUT2D eigenvalue weighted by atomic mass is 32.2. The van der Waals surface area contributed by atoms with Crippen molar-refractivity contribution in [2.75, 3.05) is 5.75 Å². The van der Waals surface area contributed by atoms with Crippen LogP contribution in [0.5, 0.6) is 0 Å². The lowest BCUT2D eigenvalue weighted by molar-refractivity contribution is -0.140. The number of carbonyl (C=O) groups is 2. The summed E-state index contributed by atoms with van der Waals surface area (Å²) in [6, 6.07) is 0. The Labute approximate surface area is 196 Å². The zero-order chi connectivity index (χ0) is 23.9. The van der Waals surface area contributed by atoms with Crippen molar-refractivity contribution >= 4 is 23.7 Å². The first-order chi connectivity index (χ1) is 15.3. The average Bonchev–Trinajstić information content (AvgIpc) is 3.02. The van der Waals surface area contributed by atoms with E-state index in [2.05, 4.69) is 11.8 Å². The predicted molar refractivity (Wildman–Crippen MR) is 128 cm³/mol. The number of esters is 1. The van der Waals surface area contributed by atoms with Gasteiger partial charge in [-0.3, -0.25) is 9.59 Å². The van der Waals surface area contributed by atoms with Crippen LogP contribution in [0.25, 0.3) is 0 Å². The Hall–Kier alpha value is -1.75. The third kappa shape index (κ3) is 10.7. The average molecular weight is 467 g/mol. The highest BCUT2D eigenvalue weighted by molar-refractivity contribution is 8.03. The van der Waals surface area contributed by atoms with Crippen LogP contribution >= 0.6 is 11.8 Å². The van der Waals surface area contributed by atoms with Gasteiger partial charge in [0, 0.05) is 42.9 Å². The van der Waals surface area contributed by atoms with Crippen LogP contribution in [-0.2, 0) is 14.3 Å². The fourth-order valence-electron chi connectivity index (χ4n) is 3.29. The predicted octanol–water partition coefficient (Wildman–Crippen LogP) is 4.66. The van der Waals surface area contributed by atoms with Crippen molar-refractivity contribution < 1.29 is 29.6 Å². The van der Waals surface area contributed by atoms with E-state index >= 15 is 0 Å². The van der Waals surface area contributed by atoms with E-state index in [-0.39, 0.29) is 30.6 Å². The molecule has 0 aromatic heterocycles. The number of carbonyl (C=O) groups excluding carboxylic acids is 1. The zero-order valence-electron chi connectivity index (χ0n) is 19.5. The topological polar surface area (TPSA) is 104 Å². The SMILES string of the molecule is CCC#CCC(C)[C@H](O)/C=C/[C@@H]1C(SCCCCCC(=O)O)=C(OC(=O)CCC)C[C@H]1O. The van der Waals surface area contributed by atoms with Gasteiger partial charge < -0.3 is 20.1 Å². The zero-order valence-corrected chi connectivity index (χ0v) is 20.3. The molecule has 1 aliphatic carbocycles. The van der Waals surface area contributed by atoms with Gasteiger partial charge in [0.1, 0.15) is 5.76 Å². The summed E-state index contributed by atoms with van der Waals surface area (Å²) in [6.07, 6.45) is 7.21. The van der Waals surface area contributed by atoms with E-state index in [1.165, 1.54) is 11.8 Å². The van der Waals surface area contributed by atoms with Crippen LogP contribution in [0.4, 0.5) is 0 Å². The molecule has 0 bridgehead atoms. The van der Waals surface area contributed by atoms with Crippen molar-refractivity contribution in [2.24, 2.45) is 11.8 Å². The van der Waals surface area contributed by atoms with Crippen molar-refractivity contribution in [3.8, 4) is 11.8 Å². The second-order valence-electron chi connectivity index (χ2n) is 8.13. The minimum absolute atomic E-state index is 0.0278. The molecule has 0 aliphatic heterocycles. The molecular weight excluding hydrogens is 428 g/mol. The van der Waals surface area contributed by atoms with Gasteiger partial charge in [-0.15, -0.1) is 23.6 Å². The Bertz CT molecular complexity index is 718. The number of unbranched alkanes of at least 4 members (excludes halogenated alkanes) is 2. The second-order valence-corrected chi connectivity index (χ2v) is 9.26. The molecule has 0 saturated carbocycles. The standard InChI is InChI=1S/C25H38O6S/c1-4-6-8-12-18(3)20(26)15-14-19-21(27)17-22(31-24(30)11-5-2)25(19)32-16-10-7-9-13-23(28)29/h14-15,18-21,26-27H,4-5,7,9-13,16-17H2,1-3H3,(H,28,29)/b15-14+/t18?,19-,20+,21+/m0/s1. The number of carboxylic acids is 1. The minimum Gasteiger partial charge on any atom is -0.481 e. The van der Waals surface area contributed by atoms with Crippen LogP contribution < -0.4 is 0 Å². The molecule has 1 unspecified atom stereocenters. The molecule has 6 nitrogen and oxygen atoms in total. The maximum atomic E-state index is 12.0. The number of carboxylic acid groups (broad SMARTS) is 1. The molecule has 0 fully saturated rings. The molecule has 0 heterocycles. The molecule has 0 aromatic carbocycles. The molecule has 7 heteroatoms. The van der Waals surface area contributed by atoms with Crippen LogP contribution in [0.3, 0.4) is 0 Å². The van der Waals surface area contributed by atoms with Crippen molar-refractivity contribution in [3.63, 3.8) is 0 Å². The molecule has 4 atom stereocenters. The van der Waals surface area contributed by atoms with Crippen LogP contribution in [0.15, 0.2) is 22.8 Å². The maximum Gasteiger partial charge on any atom is 0.310 e. The van der Waals surface area contributed by atoms with E-state index in [9.17, 15) is 19.8 Å². The number of hydrogen-bond acceptors (Lipinski definition) is 6. The fourth-order valence-corrected chi connectivity index (χ4v) is 4.58. The largest absolute Gasteiger partial charge is 0.481 e.